The molecule has 0 saturated carbocycles. The summed E-state index contributed by atoms with van der Waals surface area (Å²) in [6, 6.07) is 0.838. The van der Waals surface area contributed by atoms with Gasteiger partial charge in [0, 0.05) is 18.0 Å². The maximum absolute atomic E-state index is 15.2. The lowest BCUT2D eigenvalue weighted by molar-refractivity contribution is -0.141. The number of hydrogen-bond acceptors (Lipinski definition) is 5. The molecule has 29 heavy (non-hydrogen) atoms. The number of alkyl halides is 4. The van der Waals surface area contributed by atoms with Crippen LogP contribution in [0.5, 0.6) is 0 Å². The molecule has 1 aliphatic carbocycles. The van der Waals surface area contributed by atoms with Gasteiger partial charge in [0.05, 0.1) is 4.88 Å². The average molecular weight is 440 g/mol. The van der Waals surface area contributed by atoms with Crippen molar-refractivity contribution in [1.29, 1.82) is 0 Å². The van der Waals surface area contributed by atoms with Crippen molar-refractivity contribution in [2.45, 2.75) is 31.1 Å². The van der Waals surface area contributed by atoms with Gasteiger partial charge in [-0.05, 0) is 54.6 Å². The zero-order valence-corrected chi connectivity index (χ0v) is 16.9. The third-order valence-corrected chi connectivity index (χ3v) is 7.04. The number of rotatable bonds is 3. The molecule has 3 heterocycles. The topological polar surface area (TPSA) is 38.7 Å². The average Bonchev–Trinajstić information content (AvgIpc) is 3.19. The molecule has 4 rings (SSSR count). The zero-order chi connectivity index (χ0) is 20.6. The van der Waals surface area contributed by atoms with Gasteiger partial charge in [-0.1, -0.05) is 12.2 Å². The van der Waals surface area contributed by atoms with Crippen molar-refractivity contribution in [3.05, 3.63) is 64.2 Å². The number of thioether (sulfide) groups is 1. The lowest BCUT2D eigenvalue weighted by Crippen LogP contribution is -2.25. The molecule has 2 aromatic heterocycles. The smallest absolute Gasteiger partial charge is 0.246 e. The second kappa shape index (κ2) is 7.68. The standard InChI is InChI=1S/C20H17F4N3S2/c1-12-8-13(15-11-26-18(29-15)19(21)3-6-28-7-4-19)10-14(9-12)17-25-5-2-16(27-17)20(22,23)24/h2,5,9-11H,1,3-4,6-8H2. The molecule has 0 bridgehead atoms. The van der Waals surface area contributed by atoms with E-state index in [1.165, 1.54) is 11.3 Å². The fraction of sp³-hybridized carbons (Fsp3) is 0.350. The number of halogens is 4. The lowest BCUT2D eigenvalue weighted by Gasteiger charge is -2.26. The van der Waals surface area contributed by atoms with Crippen molar-refractivity contribution in [3.8, 4) is 0 Å². The van der Waals surface area contributed by atoms with E-state index in [1.807, 2.05) is 0 Å². The first-order valence-corrected chi connectivity index (χ1v) is 11.0. The molecule has 1 fully saturated rings. The summed E-state index contributed by atoms with van der Waals surface area (Å²) in [5.41, 5.74) is -0.405. The summed E-state index contributed by atoms with van der Waals surface area (Å²) in [5, 5.41) is 0.464. The van der Waals surface area contributed by atoms with Crippen LogP contribution >= 0.6 is 23.1 Å². The molecule has 3 nitrogen and oxygen atoms in total. The van der Waals surface area contributed by atoms with E-state index in [1.54, 1.807) is 30.1 Å². The highest BCUT2D eigenvalue weighted by Gasteiger charge is 2.37. The summed E-state index contributed by atoms with van der Waals surface area (Å²) >= 11 is 3.04. The number of allylic oxidation sites excluding steroid dienone is 5. The van der Waals surface area contributed by atoms with Crippen molar-refractivity contribution >= 4 is 34.2 Å². The van der Waals surface area contributed by atoms with Gasteiger partial charge in [-0.3, -0.25) is 0 Å². The van der Waals surface area contributed by atoms with Crippen molar-refractivity contribution in [3.63, 3.8) is 0 Å². The first-order valence-electron chi connectivity index (χ1n) is 8.99. The Bertz CT molecular complexity index is 1000. The van der Waals surface area contributed by atoms with Crippen molar-refractivity contribution in [2.24, 2.45) is 0 Å². The Morgan fingerprint density at radius 1 is 1.10 bits per heavy atom. The molecule has 2 aliphatic rings. The van der Waals surface area contributed by atoms with Crippen LogP contribution in [0.3, 0.4) is 0 Å². The third kappa shape index (κ3) is 4.30. The molecule has 1 aliphatic heterocycles. The Labute approximate surface area is 173 Å². The molecule has 0 unspecified atom stereocenters. The van der Waals surface area contributed by atoms with Gasteiger partial charge in [0.25, 0.3) is 0 Å². The van der Waals surface area contributed by atoms with Gasteiger partial charge in [0.15, 0.2) is 11.5 Å². The van der Waals surface area contributed by atoms with Crippen molar-refractivity contribution in [2.75, 3.05) is 11.5 Å². The number of aromatic nitrogens is 3. The first kappa shape index (κ1) is 20.3. The zero-order valence-electron chi connectivity index (χ0n) is 15.3. The number of thiazole rings is 1. The van der Waals surface area contributed by atoms with Crippen LogP contribution < -0.4 is 0 Å². The predicted molar refractivity (Wildman–Crippen MR) is 108 cm³/mol. The molecule has 0 atom stereocenters. The highest BCUT2D eigenvalue weighted by Crippen LogP contribution is 2.43. The summed E-state index contributed by atoms with van der Waals surface area (Å²) in [7, 11) is 0. The number of hydrogen-bond donors (Lipinski definition) is 0. The van der Waals surface area contributed by atoms with Crippen molar-refractivity contribution < 1.29 is 17.6 Å². The quantitative estimate of drug-likeness (QED) is 0.544. The largest absolute Gasteiger partial charge is 0.433 e. The van der Waals surface area contributed by atoms with E-state index in [9.17, 15) is 13.2 Å². The highest BCUT2D eigenvalue weighted by atomic mass is 32.2. The summed E-state index contributed by atoms with van der Waals surface area (Å²) < 4.78 is 54.2. The van der Waals surface area contributed by atoms with E-state index < -0.39 is 17.5 Å². The molecule has 0 spiro atoms. The summed E-state index contributed by atoms with van der Waals surface area (Å²) in [5.74, 6) is 1.52. The molecular weight excluding hydrogens is 422 g/mol. The van der Waals surface area contributed by atoms with Gasteiger partial charge in [-0.15, -0.1) is 11.3 Å². The second-order valence-electron chi connectivity index (χ2n) is 6.97. The predicted octanol–water partition coefficient (Wildman–Crippen LogP) is 6.07. The minimum Gasteiger partial charge on any atom is -0.246 e. The Morgan fingerprint density at radius 2 is 1.86 bits per heavy atom. The fourth-order valence-corrected chi connectivity index (χ4v) is 5.49. The lowest BCUT2D eigenvalue weighted by atomic mass is 9.95. The molecule has 152 valence electrons. The Balaban J connectivity index is 1.65. The van der Waals surface area contributed by atoms with Crippen LogP contribution in [0.2, 0.25) is 0 Å². The molecule has 9 heteroatoms. The van der Waals surface area contributed by atoms with Crippen LogP contribution in [0.1, 0.15) is 40.7 Å². The molecule has 2 aromatic rings. The Kier molecular flexibility index (Phi) is 5.37. The van der Waals surface area contributed by atoms with Crippen LogP contribution in [0, 0.1) is 0 Å². The minimum absolute atomic E-state index is 0.0193. The van der Waals surface area contributed by atoms with Crippen LogP contribution in [-0.2, 0) is 11.8 Å². The van der Waals surface area contributed by atoms with Gasteiger partial charge < -0.3 is 0 Å². The highest BCUT2D eigenvalue weighted by molar-refractivity contribution is 7.99. The minimum atomic E-state index is -4.54. The van der Waals surface area contributed by atoms with Gasteiger partial charge >= 0.3 is 6.18 Å². The van der Waals surface area contributed by atoms with Crippen LogP contribution in [-0.4, -0.2) is 26.5 Å². The SMILES string of the molecule is C=C1C=C(c2nccc(C(F)(F)F)n2)C=C(c2cnc(C3(F)CCSCC3)s2)C1. The van der Waals surface area contributed by atoms with Crippen LogP contribution in [0.25, 0.3) is 11.1 Å². The van der Waals surface area contributed by atoms with E-state index >= 15 is 4.39 Å². The molecule has 0 amide bonds. The van der Waals surface area contributed by atoms with E-state index in [-0.39, 0.29) is 5.82 Å². The van der Waals surface area contributed by atoms with Crippen LogP contribution in [0.15, 0.2) is 42.8 Å². The summed E-state index contributed by atoms with van der Waals surface area (Å²) in [4.78, 5) is 12.8. The molecule has 0 radical (unpaired) electrons. The summed E-state index contributed by atoms with van der Waals surface area (Å²) in [6.07, 6.45) is 3.00. The van der Waals surface area contributed by atoms with E-state index in [2.05, 4.69) is 21.5 Å². The fourth-order valence-electron chi connectivity index (χ4n) is 3.28. The van der Waals surface area contributed by atoms with Gasteiger partial charge in [0.2, 0.25) is 0 Å². The van der Waals surface area contributed by atoms with Gasteiger partial charge in [-0.25, -0.2) is 19.3 Å². The van der Waals surface area contributed by atoms with E-state index in [0.29, 0.717) is 29.8 Å². The molecule has 0 N–H and O–H groups in total. The molecule has 1 saturated heterocycles. The summed E-state index contributed by atoms with van der Waals surface area (Å²) in [6.45, 7) is 3.96. The maximum atomic E-state index is 15.2. The van der Waals surface area contributed by atoms with Crippen LogP contribution in [0.4, 0.5) is 17.6 Å². The Morgan fingerprint density at radius 3 is 2.59 bits per heavy atom. The first-order chi connectivity index (χ1) is 13.7. The maximum Gasteiger partial charge on any atom is 0.433 e. The van der Waals surface area contributed by atoms with Gasteiger partial charge in [0.1, 0.15) is 10.7 Å². The Hall–Kier alpha value is -2.00. The molecular formula is C20H17F4N3S2. The van der Waals surface area contributed by atoms with Crippen molar-refractivity contribution in [1.82, 2.24) is 15.0 Å². The van der Waals surface area contributed by atoms with Gasteiger partial charge in [-0.2, -0.15) is 24.9 Å². The second-order valence-corrected chi connectivity index (χ2v) is 9.23. The number of nitrogens with zero attached hydrogens (tertiary/aromatic N) is 3. The normalized spacial score (nSPS) is 19.7. The monoisotopic (exact) mass is 439 g/mol. The van der Waals surface area contributed by atoms with E-state index in [0.717, 1.165) is 39.8 Å². The third-order valence-electron chi connectivity index (χ3n) is 4.80. The molecule has 0 aromatic carbocycles. The van der Waals surface area contributed by atoms with E-state index in [4.69, 9.17) is 0 Å².